The molecule has 1 heterocycles. The molecule has 0 aliphatic carbocycles. The van der Waals surface area contributed by atoms with Gasteiger partial charge in [0.05, 0.1) is 6.54 Å². The number of hydrogen-bond donors (Lipinski definition) is 1. The van der Waals surface area contributed by atoms with E-state index in [2.05, 4.69) is 5.32 Å². The number of hydrogen-bond acceptors (Lipinski definition) is 2. The molecule has 0 aromatic rings. The molecule has 0 radical (unpaired) electrons. The summed E-state index contributed by atoms with van der Waals surface area (Å²) in [5.74, 6) is 0.132. The van der Waals surface area contributed by atoms with Gasteiger partial charge < -0.3 is 5.32 Å². The zero-order chi connectivity index (χ0) is 10.7. The van der Waals surface area contributed by atoms with E-state index in [-0.39, 0.29) is 24.4 Å². The Hall–Kier alpha value is -0.710. The van der Waals surface area contributed by atoms with Crippen LogP contribution in [0, 0.1) is 5.92 Å². The van der Waals surface area contributed by atoms with Gasteiger partial charge in [-0.3, -0.25) is 9.69 Å². The van der Waals surface area contributed by atoms with Gasteiger partial charge in [-0.15, -0.1) is 0 Å². The van der Waals surface area contributed by atoms with Crippen LogP contribution in [0.2, 0.25) is 0 Å². The van der Waals surface area contributed by atoms with Crippen molar-refractivity contribution in [3.05, 3.63) is 0 Å². The zero-order valence-electron chi connectivity index (χ0n) is 8.42. The van der Waals surface area contributed by atoms with E-state index in [1.54, 1.807) is 0 Å². The number of rotatable bonds is 4. The maximum absolute atomic E-state index is 12.1. The first kappa shape index (κ1) is 11.4. The lowest BCUT2D eigenvalue weighted by atomic mass is 9.99. The van der Waals surface area contributed by atoms with E-state index in [1.807, 2.05) is 13.8 Å². The molecule has 1 aliphatic rings. The van der Waals surface area contributed by atoms with Crippen LogP contribution in [0.4, 0.5) is 4.39 Å². The zero-order valence-corrected chi connectivity index (χ0v) is 9.23. The number of carbonyl (C=O) groups is 1. The second-order valence-corrected chi connectivity index (χ2v) is 3.88. The van der Waals surface area contributed by atoms with Crippen LogP contribution in [0.3, 0.4) is 0 Å². The van der Waals surface area contributed by atoms with Gasteiger partial charge in [-0.1, -0.05) is 20.3 Å². The van der Waals surface area contributed by atoms with Crippen molar-refractivity contribution in [2.45, 2.75) is 26.3 Å². The van der Waals surface area contributed by atoms with Crippen molar-refractivity contribution in [3.8, 4) is 0 Å². The molecular formula is C9H15FN2OS. The van der Waals surface area contributed by atoms with Crippen molar-refractivity contribution >= 4 is 23.2 Å². The maximum Gasteiger partial charge on any atom is 0.251 e. The lowest BCUT2D eigenvalue weighted by Crippen LogP contribution is -2.36. The summed E-state index contributed by atoms with van der Waals surface area (Å²) in [7, 11) is 0. The second-order valence-electron chi connectivity index (χ2n) is 3.49. The topological polar surface area (TPSA) is 32.3 Å². The Bertz CT molecular complexity index is 247. The lowest BCUT2D eigenvalue weighted by Gasteiger charge is -2.15. The molecule has 80 valence electrons. The molecule has 1 fully saturated rings. The van der Waals surface area contributed by atoms with Gasteiger partial charge in [-0.05, 0) is 18.1 Å². The molecule has 0 bridgehead atoms. The molecule has 1 aliphatic heterocycles. The van der Waals surface area contributed by atoms with Crippen molar-refractivity contribution in [2.24, 2.45) is 5.92 Å². The first-order valence-corrected chi connectivity index (χ1v) is 5.20. The molecule has 1 saturated heterocycles. The minimum absolute atomic E-state index is 0.0671. The molecule has 1 amide bonds. The highest BCUT2D eigenvalue weighted by atomic mass is 32.1. The summed E-state index contributed by atoms with van der Waals surface area (Å²) in [6, 6.07) is -0.265. The average molecular weight is 218 g/mol. The largest absolute Gasteiger partial charge is 0.350 e. The van der Waals surface area contributed by atoms with Crippen molar-refractivity contribution in [2.75, 3.05) is 13.2 Å². The van der Waals surface area contributed by atoms with Crippen LogP contribution in [0.1, 0.15) is 20.3 Å². The van der Waals surface area contributed by atoms with Crippen LogP contribution in [0.15, 0.2) is 0 Å². The molecule has 1 rings (SSSR count). The van der Waals surface area contributed by atoms with E-state index in [4.69, 9.17) is 12.2 Å². The van der Waals surface area contributed by atoms with Crippen molar-refractivity contribution in [1.82, 2.24) is 10.2 Å². The number of thiocarbonyl (C=S) groups is 1. The maximum atomic E-state index is 12.1. The van der Waals surface area contributed by atoms with Crippen molar-refractivity contribution < 1.29 is 9.18 Å². The standard InChI is InChI=1S/C9H15FN2OS/c1-3-6(2)7-8(13)12(5-4-10)9(14)11-7/h6-7H,3-5H2,1-2H3,(H,11,14). The summed E-state index contributed by atoms with van der Waals surface area (Å²) in [5.41, 5.74) is 0. The summed E-state index contributed by atoms with van der Waals surface area (Å²) >= 11 is 4.95. The van der Waals surface area contributed by atoms with Crippen LogP contribution < -0.4 is 5.32 Å². The first-order valence-electron chi connectivity index (χ1n) is 4.79. The number of halogens is 1. The SMILES string of the molecule is CCC(C)C1NC(=S)N(CCF)C1=O. The number of carbonyl (C=O) groups excluding carboxylic acids is 1. The minimum atomic E-state index is -0.555. The van der Waals surface area contributed by atoms with Gasteiger partial charge in [-0.2, -0.15) is 0 Å². The summed E-state index contributed by atoms with van der Waals surface area (Å²) in [6.45, 7) is 3.51. The Balaban J connectivity index is 2.68. The summed E-state index contributed by atoms with van der Waals surface area (Å²) < 4.78 is 12.1. The highest BCUT2D eigenvalue weighted by molar-refractivity contribution is 7.80. The normalized spacial score (nSPS) is 23.9. The third kappa shape index (κ3) is 2.03. The van der Waals surface area contributed by atoms with Crippen LogP contribution in [-0.4, -0.2) is 35.2 Å². The van der Waals surface area contributed by atoms with Gasteiger partial charge in [0.15, 0.2) is 5.11 Å². The fourth-order valence-electron chi connectivity index (χ4n) is 1.46. The van der Waals surface area contributed by atoms with Crippen LogP contribution >= 0.6 is 12.2 Å². The van der Waals surface area contributed by atoms with Crippen molar-refractivity contribution in [1.29, 1.82) is 0 Å². The third-order valence-electron chi connectivity index (χ3n) is 2.58. The van der Waals surface area contributed by atoms with E-state index < -0.39 is 6.67 Å². The number of nitrogens with zero attached hydrogens (tertiary/aromatic N) is 1. The molecule has 14 heavy (non-hydrogen) atoms. The van der Waals surface area contributed by atoms with Gasteiger partial charge in [-0.25, -0.2) is 4.39 Å². The predicted molar refractivity (Wildman–Crippen MR) is 56.7 cm³/mol. The Labute approximate surface area is 88.6 Å². The lowest BCUT2D eigenvalue weighted by molar-refractivity contribution is -0.128. The van der Waals surface area contributed by atoms with E-state index >= 15 is 0 Å². The molecular weight excluding hydrogens is 203 g/mol. The van der Waals surface area contributed by atoms with E-state index in [1.165, 1.54) is 4.90 Å². The molecule has 1 N–H and O–H groups in total. The number of alkyl halides is 1. The summed E-state index contributed by atoms with van der Waals surface area (Å²) in [4.78, 5) is 13.0. The highest BCUT2D eigenvalue weighted by Crippen LogP contribution is 2.16. The number of nitrogens with one attached hydrogen (secondary N) is 1. The van der Waals surface area contributed by atoms with Gasteiger partial charge in [0.25, 0.3) is 5.91 Å². The predicted octanol–water partition coefficient (Wildman–Crippen LogP) is 1.09. The van der Waals surface area contributed by atoms with Crippen molar-refractivity contribution in [3.63, 3.8) is 0 Å². The molecule has 0 aromatic heterocycles. The Morgan fingerprint density at radius 2 is 2.36 bits per heavy atom. The van der Waals surface area contributed by atoms with Gasteiger partial charge in [0, 0.05) is 0 Å². The average Bonchev–Trinajstić information content (AvgIpc) is 2.45. The second kappa shape index (κ2) is 4.68. The quantitative estimate of drug-likeness (QED) is 0.717. The molecule has 2 unspecified atom stereocenters. The molecule has 3 nitrogen and oxygen atoms in total. The van der Waals surface area contributed by atoms with Gasteiger partial charge in [0.1, 0.15) is 12.7 Å². The summed E-state index contributed by atoms with van der Waals surface area (Å²) in [5, 5.41) is 3.29. The Morgan fingerprint density at radius 3 is 2.86 bits per heavy atom. The van der Waals surface area contributed by atoms with Gasteiger partial charge >= 0.3 is 0 Å². The smallest absolute Gasteiger partial charge is 0.251 e. The fraction of sp³-hybridized carbons (Fsp3) is 0.778. The molecule has 0 saturated carbocycles. The van der Waals surface area contributed by atoms with Crippen LogP contribution in [0.5, 0.6) is 0 Å². The van der Waals surface area contributed by atoms with Gasteiger partial charge in [0.2, 0.25) is 0 Å². The minimum Gasteiger partial charge on any atom is -0.350 e. The van der Waals surface area contributed by atoms with E-state index in [0.29, 0.717) is 5.11 Å². The van der Waals surface area contributed by atoms with E-state index in [9.17, 15) is 9.18 Å². The molecule has 0 aromatic carbocycles. The molecule has 2 atom stereocenters. The highest BCUT2D eigenvalue weighted by Gasteiger charge is 2.37. The summed E-state index contributed by atoms with van der Waals surface area (Å²) in [6.07, 6.45) is 0.898. The Morgan fingerprint density at radius 1 is 1.71 bits per heavy atom. The first-order chi connectivity index (χ1) is 6.61. The van der Waals surface area contributed by atoms with Crippen LogP contribution in [0.25, 0.3) is 0 Å². The van der Waals surface area contributed by atoms with Crippen LogP contribution in [-0.2, 0) is 4.79 Å². The monoisotopic (exact) mass is 218 g/mol. The fourth-order valence-corrected chi connectivity index (χ4v) is 1.77. The Kier molecular flexibility index (Phi) is 3.80. The van der Waals surface area contributed by atoms with E-state index in [0.717, 1.165) is 6.42 Å². The number of amides is 1. The third-order valence-corrected chi connectivity index (χ3v) is 2.92. The molecule has 0 spiro atoms. The molecule has 5 heteroatoms.